The largest absolute Gasteiger partial charge is 0.328 e. The lowest BCUT2D eigenvalue weighted by Gasteiger charge is -2.22. The van der Waals surface area contributed by atoms with Gasteiger partial charge in [-0.25, -0.2) is 0 Å². The van der Waals surface area contributed by atoms with Crippen LogP contribution in [0.3, 0.4) is 0 Å². The Balaban J connectivity index is 2.40. The topological polar surface area (TPSA) is 27.0 Å². The van der Waals surface area contributed by atoms with Crippen molar-refractivity contribution >= 4 is 27.3 Å². The van der Waals surface area contributed by atoms with E-state index in [0.29, 0.717) is 6.54 Å². The molecule has 3 heteroatoms. The third-order valence-electron chi connectivity index (χ3n) is 2.42. The molecule has 2 aromatic rings. The van der Waals surface area contributed by atoms with Crippen LogP contribution in [-0.4, -0.2) is 6.54 Å². The van der Waals surface area contributed by atoms with Crippen LogP contribution < -0.4 is 4.90 Å². The minimum absolute atomic E-state index is 0.334. The summed E-state index contributed by atoms with van der Waals surface area (Å²) in [5.74, 6) is 0. The summed E-state index contributed by atoms with van der Waals surface area (Å²) >= 11 is 3.44. The van der Waals surface area contributed by atoms with Gasteiger partial charge in [0.15, 0.2) is 0 Å². The Morgan fingerprint density at radius 3 is 2.35 bits per heavy atom. The van der Waals surface area contributed by atoms with Gasteiger partial charge >= 0.3 is 0 Å². The van der Waals surface area contributed by atoms with E-state index in [1.54, 1.807) is 0 Å². The summed E-state index contributed by atoms with van der Waals surface area (Å²) in [6.45, 7) is 0.334. The maximum Gasteiger partial charge on any atom is 0.110 e. The number of hydrogen-bond donors (Lipinski definition) is 0. The van der Waals surface area contributed by atoms with E-state index in [-0.39, 0.29) is 0 Å². The molecule has 0 atom stereocenters. The standard InChI is InChI=1S/C14H11BrN2/c15-12-5-4-8-14(11-12)17(10-9-16)13-6-2-1-3-7-13/h1-8,11H,10H2. The number of rotatable bonds is 3. The number of para-hydroxylation sites is 1. The number of anilines is 2. The van der Waals surface area contributed by atoms with Crippen LogP contribution in [-0.2, 0) is 0 Å². The molecule has 0 saturated heterocycles. The maximum absolute atomic E-state index is 8.93. The summed E-state index contributed by atoms with van der Waals surface area (Å²) in [4.78, 5) is 1.98. The average Bonchev–Trinajstić information content (AvgIpc) is 2.37. The van der Waals surface area contributed by atoms with Gasteiger partial charge in [-0.2, -0.15) is 5.26 Å². The normalized spacial score (nSPS) is 9.65. The van der Waals surface area contributed by atoms with Crippen molar-refractivity contribution in [1.82, 2.24) is 0 Å². The SMILES string of the molecule is N#CCN(c1ccccc1)c1cccc(Br)c1. The zero-order chi connectivity index (χ0) is 12.1. The predicted octanol–water partition coefficient (Wildman–Crippen LogP) is 4.11. The highest BCUT2D eigenvalue weighted by atomic mass is 79.9. The van der Waals surface area contributed by atoms with E-state index in [0.717, 1.165) is 15.8 Å². The maximum atomic E-state index is 8.93. The van der Waals surface area contributed by atoms with Crippen LogP contribution >= 0.6 is 15.9 Å². The van der Waals surface area contributed by atoms with Crippen molar-refractivity contribution in [2.75, 3.05) is 11.4 Å². The molecule has 0 fully saturated rings. The molecule has 17 heavy (non-hydrogen) atoms. The molecular weight excluding hydrogens is 276 g/mol. The molecule has 0 amide bonds. The second-order valence-electron chi connectivity index (χ2n) is 3.56. The van der Waals surface area contributed by atoms with Gasteiger partial charge in [-0.1, -0.05) is 40.2 Å². The van der Waals surface area contributed by atoms with Gasteiger partial charge in [0, 0.05) is 15.8 Å². The van der Waals surface area contributed by atoms with Crippen LogP contribution in [0, 0.1) is 11.3 Å². The van der Waals surface area contributed by atoms with Crippen LogP contribution in [0.4, 0.5) is 11.4 Å². The first-order valence-electron chi connectivity index (χ1n) is 5.26. The van der Waals surface area contributed by atoms with Gasteiger partial charge in [0.25, 0.3) is 0 Å². The molecule has 0 aliphatic carbocycles. The van der Waals surface area contributed by atoms with Gasteiger partial charge in [-0.3, -0.25) is 0 Å². The first-order chi connectivity index (χ1) is 8.31. The average molecular weight is 287 g/mol. The van der Waals surface area contributed by atoms with Crippen LogP contribution in [0.25, 0.3) is 0 Å². The predicted molar refractivity (Wildman–Crippen MR) is 73.2 cm³/mol. The molecule has 0 bridgehead atoms. The summed E-state index contributed by atoms with van der Waals surface area (Å²) in [5, 5.41) is 8.93. The quantitative estimate of drug-likeness (QED) is 0.794. The molecule has 0 N–H and O–H groups in total. The smallest absolute Gasteiger partial charge is 0.110 e. The van der Waals surface area contributed by atoms with Crippen molar-refractivity contribution < 1.29 is 0 Å². The molecular formula is C14H11BrN2. The molecule has 0 aliphatic rings. The molecule has 0 unspecified atom stereocenters. The van der Waals surface area contributed by atoms with E-state index >= 15 is 0 Å². The highest BCUT2D eigenvalue weighted by Crippen LogP contribution is 2.26. The van der Waals surface area contributed by atoms with Crippen molar-refractivity contribution in [1.29, 1.82) is 5.26 Å². The van der Waals surface area contributed by atoms with Crippen molar-refractivity contribution in [3.8, 4) is 6.07 Å². The molecule has 0 radical (unpaired) electrons. The molecule has 84 valence electrons. The Morgan fingerprint density at radius 1 is 1.00 bits per heavy atom. The van der Waals surface area contributed by atoms with Gasteiger partial charge in [0.2, 0.25) is 0 Å². The summed E-state index contributed by atoms with van der Waals surface area (Å²) in [7, 11) is 0. The van der Waals surface area contributed by atoms with Crippen molar-refractivity contribution in [3.05, 3.63) is 59.1 Å². The molecule has 0 saturated carbocycles. The molecule has 0 spiro atoms. The first-order valence-corrected chi connectivity index (χ1v) is 6.05. The van der Waals surface area contributed by atoms with Crippen LogP contribution in [0.2, 0.25) is 0 Å². The summed E-state index contributed by atoms with van der Waals surface area (Å²) in [5.41, 5.74) is 2.03. The summed E-state index contributed by atoms with van der Waals surface area (Å²) < 4.78 is 1.01. The minimum atomic E-state index is 0.334. The van der Waals surface area contributed by atoms with Gasteiger partial charge in [0.05, 0.1) is 6.07 Å². The van der Waals surface area contributed by atoms with E-state index in [1.807, 2.05) is 59.5 Å². The van der Waals surface area contributed by atoms with Crippen LogP contribution in [0.5, 0.6) is 0 Å². The van der Waals surface area contributed by atoms with Gasteiger partial charge in [0.1, 0.15) is 6.54 Å². The van der Waals surface area contributed by atoms with E-state index < -0.39 is 0 Å². The number of halogens is 1. The number of benzene rings is 2. The lowest BCUT2D eigenvalue weighted by Crippen LogP contribution is -2.16. The lowest BCUT2D eigenvalue weighted by molar-refractivity contribution is 1.10. The Bertz CT molecular complexity index is 531. The Kier molecular flexibility index (Phi) is 3.79. The highest BCUT2D eigenvalue weighted by molar-refractivity contribution is 9.10. The van der Waals surface area contributed by atoms with E-state index in [1.165, 1.54) is 0 Å². The second kappa shape index (κ2) is 5.51. The van der Waals surface area contributed by atoms with Gasteiger partial charge in [-0.05, 0) is 30.3 Å². The minimum Gasteiger partial charge on any atom is -0.328 e. The zero-order valence-corrected chi connectivity index (χ0v) is 10.8. The number of nitriles is 1. The number of nitrogens with zero attached hydrogens (tertiary/aromatic N) is 2. The lowest BCUT2D eigenvalue weighted by atomic mass is 10.2. The summed E-state index contributed by atoms with van der Waals surface area (Å²) in [6.07, 6.45) is 0. The van der Waals surface area contributed by atoms with Crippen LogP contribution in [0.15, 0.2) is 59.1 Å². The fourth-order valence-electron chi connectivity index (χ4n) is 1.65. The fourth-order valence-corrected chi connectivity index (χ4v) is 2.04. The highest BCUT2D eigenvalue weighted by Gasteiger charge is 2.08. The molecule has 2 aromatic carbocycles. The Hall–Kier alpha value is -1.79. The first kappa shape index (κ1) is 11.7. The Labute approximate surface area is 109 Å². The molecule has 2 rings (SSSR count). The third-order valence-corrected chi connectivity index (χ3v) is 2.91. The number of hydrogen-bond acceptors (Lipinski definition) is 2. The molecule has 0 heterocycles. The van der Waals surface area contributed by atoms with E-state index in [2.05, 4.69) is 22.0 Å². The van der Waals surface area contributed by atoms with Crippen molar-refractivity contribution in [3.63, 3.8) is 0 Å². The van der Waals surface area contributed by atoms with Crippen molar-refractivity contribution in [2.45, 2.75) is 0 Å². The molecule has 2 nitrogen and oxygen atoms in total. The molecule has 0 aliphatic heterocycles. The third kappa shape index (κ3) is 2.86. The fraction of sp³-hybridized carbons (Fsp3) is 0.0714. The van der Waals surface area contributed by atoms with E-state index in [4.69, 9.17) is 5.26 Å². The van der Waals surface area contributed by atoms with Crippen LogP contribution in [0.1, 0.15) is 0 Å². The second-order valence-corrected chi connectivity index (χ2v) is 4.48. The summed E-state index contributed by atoms with van der Waals surface area (Å²) in [6, 6.07) is 20.0. The van der Waals surface area contributed by atoms with Crippen molar-refractivity contribution in [2.24, 2.45) is 0 Å². The van der Waals surface area contributed by atoms with E-state index in [9.17, 15) is 0 Å². The monoisotopic (exact) mass is 286 g/mol. The Morgan fingerprint density at radius 2 is 1.71 bits per heavy atom. The zero-order valence-electron chi connectivity index (χ0n) is 9.18. The molecule has 0 aromatic heterocycles. The van der Waals surface area contributed by atoms with Gasteiger partial charge in [-0.15, -0.1) is 0 Å². The van der Waals surface area contributed by atoms with Gasteiger partial charge < -0.3 is 4.90 Å².